The molecule has 1 heterocycles. The summed E-state index contributed by atoms with van der Waals surface area (Å²) in [6.45, 7) is 1.78. The molecule has 0 fully saturated rings. The molecule has 6 nitrogen and oxygen atoms in total. The highest BCUT2D eigenvalue weighted by atomic mass is 79.9. The van der Waals surface area contributed by atoms with Crippen LogP contribution in [0.5, 0.6) is 0 Å². The fourth-order valence-electron chi connectivity index (χ4n) is 2.39. The van der Waals surface area contributed by atoms with Crippen LogP contribution < -0.4 is 10.9 Å². The molecule has 0 aliphatic rings. The third kappa shape index (κ3) is 3.79. The summed E-state index contributed by atoms with van der Waals surface area (Å²) in [5.74, 6) is -0.967. The first kappa shape index (κ1) is 18.2. The number of benzene rings is 2. The van der Waals surface area contributed by atoms with Gasteiger partial charge in [0.1, 0.15) is 0 Å². The summed E-state index contributed by atoms with van der Waals surface area (Å²) >= 11 is 9.38. The number of hydrogen-bond donors (Lipinski definition) is 2. The lowest BCUT2D eigenvalue weighted by atomic mass is 10.2. The molecule has 8 heteroatoms. The molecular formula is C18H14BrClN4O2. The molecule has 26 heavy (non-hydrogen) atoms. The first-order chi connectivity index (χ1) is 12.5. The Bertz CT molecular complexity index is 987. The second-order valence-corrected chi connectivity index (χ2v) is 6.75. The summed E-state index contributed by atoms with van der Waals surface area (Å²) in [5.41, 5.74) is 6.82. The standard InChI is InChI=1S/C18H14BrClN4O2/c1-11-15(10-21-24(11)13-6-4-5-12(19)9-13)18(26)23-22-17(25)14-7-2-3-8-16(14)20/h2-10H,1H3,(H,22,25)(H,23,26). The Labute approximate surface area is 163 Å². The van der Waals surface area contributed by atoms with Crippen molar-refractivity contribution < 1.29 is 9.59 Å². The van der Waals surface area contributed by atoms with Crippen molar-refractivity contribution in [1.82, 2.24) is 20.6 Å². The lowest BCUT2D eigenvalue weighted by Gasteiger charge is -2.09. The summed E-state index contributed by atoms with van der Waals surface area (Å²) < 4.78 is 2.55. The number of nitrogens with one attached hydrogen (secondary N) is 2. The minimum Gasteiger partial charge on any atom is -0.267 e. The molecule has 0 radical (unpaired) electrons. The largest absolute Gasteiger partial charge is 0.273 e. The smallest absolute Gasteiger partial charge is 0.267 e. The fourth-order valence-corrected chi connectivity index (χ4v) is 3.00. The van der Waals surface area contributed by atoms with E-state index in [-0.39, 0.29) is 5.56 Å². The van der Waals surface area contributed by atoms with Gasteiger partial charge in [0.2, 0.25) is 0 Å². The van der Waals surface area contributed by atoms with Crippen LogP contribution in [0.4, 0.5) is 0 Å². The van der Waals surface area contributed by atoms with E-state index in [1.807, 2.05) is 24.3 Å². The van der Waals surface area contributed by atoms with Gasteiger partial charge in [0.15, 0.2) is 0 Å². The summed E-state index contributed by atoms with van der Waals surface area (Å²) in [6, 6.07) is 14.1. The molecule has 0 atom stereocenters. The van der Waals surface area contributed by atoms with Crippen molar-refractivity contribution in [3.63, 3.8) is 0 Å². The molecule has 0 bridgehead atoms. The molecule has 0 unspecified atom stereocenters. The van der Waals surface area contributed by atoms with Gasteiger partial charge in [-0.1, -0.05) is 45.7 Å². The van der Waals surface area contributed by atoms with Gasteiger partial charge in [-0.05, 0) is 37.3 Å². The van der Waals surface area contributed by atoms with Crippen molar-refractivity contribution in [3.8, 4) is 5.69 Å². The lowest BCUT2D eigenvalue weighted by molar-refractivity contribution is 0.0846. The topological polar surface area (TPSA) is 76.0 Å². The zero-order valence-electron chi connectivity index (χ0n) is 13.7. The van der Waals surface area contributed by atoms with Gasteiger partial charge >= 0.3 is 0 Å². The van der Waals surface area contributed by atoms with E-state index in [1.165, 1.54) is 6.20 Å². The number of aromatic nitrogens is 2. The van der Waals surface area contributed by atoms with Crippen LogP contribution in [-0.4, -0.2) is 21.6 Å². The monoisotopic (exact) mass is 432 g/mol. The van der Waals surface area contributed by atoms with Crippen LogP contribution in [0.1, 0.15) is 26.4 Å². The van der Waals surface area contributed by atoms with Crippen LogP contribution in [0.3, 0.4) is 0 Å². The Morgan fingerprint density at radius 3 is 2.42 bits per heavy atom. The van der Waals surface area contributed by atoms with Crippen LogP contribution in [0.2, 0.25) is 5.02 Å². The molecule has 0 saturated heterocycles. The van der Waals surface area contributed by atoms with E-state index in [9.17, 15) is 9.59 Å². The van der Waals surface area contributed by atoms with E-state index in [4.69, 9.17) is 11.6 Å². The minimum absolute atomic E-state index is 0.274. The molecule has 2 amide bonds. The normalized spacial score (nSPS) is 10.4. The fraction of sp³-hybridized carbons (Fsp3) is 0.0556. The molecule has 132 valence electrons. The van der Waals surface area contributed by atoms with Gasteiger partial charge < -0.3 is 0 Å². The zero-order valence-corrected chi connectivity index (χ0v) is 16.0. The predicted molar refractivity (Wildman–Crippen MR) is 102 cm³/mol. The van der Waals surface area contributed by atoms with Gasteiger partial charge in [0.05, 0.1) is 33.7 Å². The highest BCUT2D eigenvalue weighted by molar-refractivity contribution is 9.10. The third-order valence-corrected chi connectivity index (χ3v) is 4.54. The second kappa shape index (κ2) is 7.72. The van der Waals surface area contributed by atoms with Crippen molar-refractivity contribution in [2.75, 3.05) is 0 Å². The van der Waals surface area contributed by atoms with Gasteiger partial charge in [-0.15, -0.1) is 0 Å². The SMILES string of the molecule is Cc1c(C(=O)NNC(=O)c2ccccc2Cl)cnn1-c1cccc(Br)c1. The number of hydrazine groups is 1. The van der Waals surface area contributed by atoms with Crippen molar-refractivity contribution in [3.05, 3.63) is 81.0 Å². The van der Waals surface area contributed by atoms with E-state index < -0.39 is 11.8 Å². The Hall–Kier alpha value is -2.64. The number of carbonyl (C=O) groups is 2. The predicted octanol–water partition coefficient (Wildman–Crippen LogP) is 3.67. The molecule has 2 N–H and O–H groups in total. The Morgan fingerprint density at radius 2 is 1.73 bits per heavy atom. The number of nitrogens with zero attached hydrogens (tertiary/aromatic N) is 2. The molecule has 3 aromatic rings. The first-order valence-corrected chi connectivity index (χ1v) is 8.80. The van der Waals surface area contributed by atoms with E-state index in [0.717, 1.165) is 10.2 Å². The van der Waals surface area contributed by atoms with Crippen LogP contribution in [-0.2, 0) is 0 Å². The van der Waals surface area contributed by atoms with E-state index in [1.54, 1.807) is 35.9 Å². The van der Waals surface area contributed by atoms with Gasteiger partial charge in [-0.3, -0.25) is 20.4 Å². The lowest BCUT2D eigenvalue weighted by Crippen LogP contribution is -2.41. The number of amides is 2. The number of carbonyl (C=O) groups excluding carboxylic acids is 2. The molecule has 0 spiro atoms. The van der Waals surface area contributed by atoms with Crippen molar-refractivity contribution in [2.45, 2.75) is 6.92 Å². The number of halogens is 2. The maximum atomic E-state index is 12.4. The maximum absolute atomic E-state index is 12.4. The van der Waals surface area contributed by atoms with Crippen molar-refractivity contribution in [1.29, 1.82) is 0 Å². The number of hydrogen-bond acceptors (Lipinski definition) is 3. The molecule has 0 aliphatic heterocycles. The van der Waals surface area contributed by atoms with Crippen molar-refractivity contribution in [2.24, 2.45) is 0 Å². The Kier molecular flexibility index (Phi) is 5.39. The van der Waals surface area contributed by atoms with Gasteiger partial charge in [-0.2, -0.15) is 5.10 Å². The highest BCUT2D eigenvalue weighted by Gasteiger charge is 2.17. The zero-order chi connectivity index (χ0) is 18.7. The second-order valence-electron chi connectivity index (χ2n) is 5.42. The van der Waals surface area contributed by atoms with Crippen LogP contribution >= 0.6 is 27.5 Å². The van der Waals surface area contributed by atoms with Gasteiger partial charge in [0, 0.05) is 4.47 Å². The summed E-state index contributed by atoms with van der Waals surface area (Å²) in [4.78, 5) is 24.5. The summed E-state index contributed by atoms with van der Waals surface area (Å²) in [6.07, 6.45) is 1.45. The van der Waals surface area contributed by atoms with Crippen LogP contribution in [0.15, 0.2) is 59.2 Å². The minimum atomic E-state index is -0.499. The molecule has 3 rings (SSSR count). The average Bonchev–Trinajstić information content (AvgIpc) is 3.01. The average molecular weight is 434 g/mol. The van der Waals surface area contributed by atoms with Crippen LogP contribution in [0.25, 0.3) is 5.69 Å². The maximum Gasteiger partial charge on any atom is 0.273 e. The summed E-state index contributed by atoms with van der Waals surface area (Å²) in [7, 11) is 0. The Balaban J connectivity index is 1.73. The highest BCUT2D eigenvalue weighted by Crippen LogP contribution is 2.18. The molecule has 2 aromatic carbocycles. The van der Waals surface area contributed by atoms with E-state index in [2.05, 4.69) is 31.9 Å². The summed E-state index contributed by atoms with van der Waals surface area (Å²) in [5, 5.41) is 4.55. The van der Waals surface area contributed by atoms with Crippen LogP contribution in [0, 0.1) is 6.92 Å². The first-order valence-electron chi connectivity index (χ1n) is 7.63. The van der Waals surface area contributed by atoms with Gasteiger partial charge in [0.25, 0.3) is 11.8 Å². The third-order valence-electron chi connectivity index (χ3n) is 3.72. The molecular weight excluding hydrogens is 420 g/mol. The van der Waals surface area contributed by atoms with Crippen molar-refractivity contribution >= 4 is 39.3 Å². The van der Waals surface area contributed by atoms with E-state index >= 15 is 0 Å². The molecule has 0 saturated carbocycles. The molecule has 0 aliphatic carbocycles. The quantitative estimate of drug-likeness (QED) is 0.619. The number of rotatable bonds is 3. The Morgan fingerprint density at radius 1 is 1.04 bits per heavy atom. The molecule has 1 aromatic heterocycles. The van der Waals surface area contributed by atoms with Gasteiger partial charge in [-0.25, -0.2) is 4.68 Å². The van der Waals surface area contributed by atoms with E-state index in [0.29, 0.717) is 16.3 Å².